The number of aliphatic carboxylic acids is 2. The van der Waals surface area contributed by atoms with Gasteiger partial charge < -0.3 is 27.0 Å². The van der Waals surface area contributed by atoms with Crippen LogP contribution in [0.2, 0.25) is 0 Å². The van der Waals surface area contributed by atoms with Crippen LogP contribution in [0.5, 0.6) is 0 Å². The van der Waals surface area contributed by atoms with E-state index in [4.69, 9.17) is 21.7 Å². The van der Waals surface area contributed by atoms with Gasteiger partial charge in [-0.15, -0.1) is 0 Å². The predicted molar refractivity (Wildman–Crippen MR) is 71.8 cm³/mol. The van der Waals surface area contributed by atoms with Crippen molar-refractivity contribution in [3.63, 3.8) is 0 Å². The van der Waals surface area contributed by atoms with E-state index < -0.39 is 18.0 Å². The second-order valence-corrected chi connectivity index (χ2v) is 4.63. The molecule has 0 saturated heterocycles. The van der Waals surface area contributed by atoms with Gasteiger partial charge in [0.25, 0.3) is 0 Å². The molecule has 0 aromatic rings. The van der Waals surface area contributed by atoms with Gasteiger partial charge in [-0.25, -0.2) is 0 Å². The summed E-state index contributed by atoms with van der Waals surface area (Å²) in [6, 6.07) is -0.333. The topological polar surface area (TPSA) is 139 Å². The molecule has 1 fully saturated rings. The first-order chi connectivity index (χ1) is 8.97. The molecule has 0 spiro atoms. The molecule has 19 heavy (non-hydrogen) atoms. The first kappa shape index (κ1) is 17.8. The van der Waals surface area contributed by atoms with Crippen molar-refractivity contribution >= 4 is 11.9 Å². The zero-order valence-corrected chi connectivity index (χ0v) is 11.2. The molecule has 0 amide bonds. The number of carboxylic acid groups (broad SMARTS) is 2. The SMILES string of the molecule is NCCC(N)C(=O)O.O=C(O)CNC1CCCCC1. The van der Waals surface area contributed by atoms with E-state index in [-0.39, 0.29) is 6.54 Å². The Hall–Kier alpha value is -1.18. The first-order valence-electron chi connectivity index (χ1n) is 6.61. The van der Waals surface area contributed by atoms with Gasteiger partial charge in [0.15, 0.2) is 0 Å². The molecule has 0 aromatic carbocycles. The van der Waals surface area contributed by atoms with E-state index >= 15 is 0 Å². The van der Waals surface area contributed by atoms with Crippen LogP contribution in [0.15, 0.2) is 0 Å². The Morgan fingerprint density at radius 3 is 2.16 bits per heavy atom. The van der Waals surface area contributed by atoms with Gasteiger partial charge in [-0.05, 0) is 25.8 Å². The third-order valence-corrected chi connectivity index (χ3v) is 2.94. The Balaban J connectivity index is 0.000000362. The summed E-state index contributed by atoms with van der Waals surface area (Å²) in [6.45, 7) is 0.443. The summed E-state index contributed by atoms with van der Waals surface area (Å²) in [7, 11) is 0. The number of carboxylic acids is 2. The second kappa shape index (κ2) is 10.7. The molecule has 1 aliphatic rings. The van der Waals surface area contributed by atoms with E-state index in [9.17, 15) is 9.59 Å². The van der Waals surface area contributed by atoms with Crippen LogP contribution >= 0.6 is 0 Å². The van der Waals surface area contributed by atoms with Gasteiger partial charge >= 0.3 is 11.9 Å². The molecule has 112 valence electrons. The van der Waals surface area contributed by atoms with Gasteiger partial charge in [0.2, 0.25) is 0 Å². The molecule has 0 aliphatic heterocycles. The van der Waals surface area contributed by atoms with Crippen LogP contribution in [-0.4, -0.2) is 47.3 Å². The van der Waals surface area contributed by atoms with Crippen LogP contribution in [-0.2, 0) is 9.59 Å². The summed E-state index contributed by atoms with van der Waals surface area (Å²) >= 11 is 0. The number of rotatable bonds is 6. The van der Waals surface area contributed by atoms with E-state index in [2.05, 4.69) is 5.32 Å². The third kappa shape index (κ3) is 10.4. The van der Waals surface area contributed by atoms with Crippen molar-refractivity contribution < 1.29 is 19.8 Å². The monoisotopic (exact) mass is 275 g/mol. The van der Waals surface area contributed by atoms with E-state index in [0.717, 1.165) is 12.8 Å². The first-order valence-corrected chi connectivity index (χ1v) is 6.61. The molecule has 7 nitrogen and oxygen atoms in total. The molecule has 0 radical (unpaired) electrons. The van der Waals surface area contributed by atoms with Crippen LogP contribution in [0.1, 0.15) is 38.5 Å². The quantitative estimate of drug-likeness (QED) is 0.450. The second-order valence-electron chi connectivity index (χ2n) is 4.63. The van der Waals surface area contributed by atoms with Crippen molar-refractivity contribution in [2.24, 2.45) is 11.5 Å². The van der Waals surface area contributed by atoms with Crippen LogP contribution < -0.4 is 16.8 Å². The van der Waals surface area contributed by atoms with Crippen molar-refractivity contribution in [2.75, 3.05) is 13.1 Å². The number of nitrogens with one attached hydrogen (secondary N) is 1. The van der Waals surface area contributed by atoms with Gasteiger partial charge in [0.05, 0.1) is 6.54 Å². The molecule has 1 rings (SSSR count). The smallest absolute Gasteiger partial charge is 0.320 e. The Labute approximate surface area is 113 Å². The average molecular weight is 275 g/mol. The predicted octanol–water partition coefficient (Wildman–Crippen LogP) is -0.260. The zero-order chi connectivity index (χ0) is 14.7. The maximum atomic E-state index is 10.2. The number of hydrogen-bond acceptors (Lipinski definition) is 5. The number of carbonyl (C=O) groups is 2. The summed E-state index contributed by atoms with van der Waals surface area (Å²) in [6.07, 6.45) is 6.44. The molecule has 1 atom stereocenters. The zero-order valence-electron chi connectivity index (χ0n) is 11.2. The fourth-order valence-corrected chi connectivity index (χ4v) is 1.84. The Morgan fingerprint density at radius 2 is 1.79 bits per heavy atom. The lowest BCUT2D eigenvalue weighted by atomic mass is 9.96. The van der Waals surface area contributed by atoms with Crippen LogP contribution in [0.4, 0.5) is 0 Å². The maximum Gasteiger partial charge on any atom is 0.320 e. The van der Waals surface area contributed by atoms with Gasteiger partial charge in [-0.1, -0.05) is 19.3 Å². The highest BCUT2D eigenvalue weighted by Crippen LogP contribution is 2.16. The van der Waals surface area contributed by atoms with Gasteiger partial charge in [-0.2, -0.15) is 0 Å². The van der Waals surface area contributed by atoms with Crippen LogP contribution in [0, 0.1) is 0 Å². The van der Waals surface area contributed by atoms with E-state index in [1.54, 1.807) is 0 Å². The molecule has 0 aromatic heterocycles. The summed E-state index contributed by atoms with van der Waals surface area (Å²) in [4.78, 5) is 20.1. The summed E-state index contributed by atoms with van der Waals surface area (Å²) < 4.78 is 0. The lowest BCUT2D eigenvalue weighted by Gasteiger charge is -2.21. The molecule has 0 bridgehead atoms. The summed E-state index contributed by atoms with van der Waals surface area (Å²) in [5.41, 5.74) is 10.1. The summed E-state index contributed by atoms with van der Waals surface area (Å²) in [5, 5.41) is 19.5. The van der Waals surface area contributed by atoms with Gasteiger partial charge in [-0.3, -0.25) is 9.59 Å². The van der Waals surface area contributed by atoms with Crippen molar-refractivity contribution in [1.29, 1.82) is 0 Å². The lowest BCUT2D eigenvalue weighted by molar-refractivity contribution is -0.138. The summed E-state index contributed by atoms with van der Waals surface area (Å²) in [5.74, 6) is -1.74. The fraction of sp³-hybridized carbons (Fsp3) is 0.833. The van der Waals surface area contributed by atoms with Gasteiger partial charge in [0, 0.05) is 6.04 Å². The van der Waals surface area contributed by atoms with Crippen molar-refractivity contribution in [3.8, 4) is 0 Å². The van der Waals surface area contributed by atoms with E-state index in [0.29, 0.717) is 19.0 Å². The number of hydrogen-bond donors (Lipinski definition) is 5. The van der Waals surface area contributed by atoms with Crippen molar-refractivity contribution in [1.82, 2.24) is 5.32 Å². The molecule has 1 unspecified atom stereocenters. The minimum absolute atomic E-state index is 0.116. The van der Waals surface area contributed by atoms with Crippen molar-refractivity contribution in [3.05, 3.63) is 0 Å². The highest BCUT2D eigenvalue weighted by Gasteiger charge is 2.12. The third-order valence-electron chi connectivity index (χ3n) is 2.94. The fourth-order valence-electron chi connectivity index (χ4n) is 1.84. The molecular formula is C12H25N3O4. The maximum absolute atomic E-state index is 10.2. The average Bonchev–Trinajstić information content (AvgIpc) is 2.38. The largest absolute Gasteiger partial charge is 0.480 e. The Bertz CT molecular complexity index is 268. The highest BCUT2D eigenvalue weighted by molar-refractivity contribution is 5.72. The standard InChI is InChI=1S/C8H15NO2.C4H10N2O2/c10-8(11)6-9-7-4-2-1-3-5-7;5-2-1-3(6)4(7)8/h7,9H,1-6H2,(H,10,11);3H,1-2,5-6H2,(H,7,8). The minimum Gasteiger partial charge on any atom is -0.480 e. The van der Waals surface area contributed by atoms with Gasteiger partial charge in [0.1, 0.15) is 6.04 Å². The Morgan fingerprint density at radius 1 is 1.21 bits per heavy atom. The number of nitrogens with two attached hydrogens (primary N) is 2. The highest BCUT2D eigenvalue weighted by atomic mass is 16.4. The molecule has 0 heterocycles. The molecular weight excluding hydrogens is 250 g/mol. The molecule has 7 N–H and O–H groups in total. The molecule has 1 aliphatic carbocycles. The lowest BCUT2D eigenvalue weighted by Crippen LogP contribution is -2.34. The van der Waals surface area contributed by atoms with E-state index in [1.807, 2.05) is 0 Å². The van der Waals surface area contributed by atoms with Crippen LogP contribution in [0.25, 0.3) is 0 Å². The molecule has 1 saturated carbocycles. The molecule has 7 heteroatoms. The minimum atomic E-state index is -0.990. The van der Waals surface area contributed by atoms with Crippen LogP contribution in [0.3, 0.4) is 0 Å². The normalized spacial score (nSPS) is 17.2. The Kier molecular flexibility index (Phi) is 10.1. The van der Waals surface area contributed by atoms with E-state index in [1.165, 1.54) is 19.3 Å². The van der Waals surface area contributed by atoms with Crippen molar-refractivity contribution in [2.45, 2.75) is 50.6 Å².